The SMILES string of the molecule is Cc1nccc(Nc2ncccn2)n1. The van der Waals surface area contributed by atoms with E-state index in [-0.39, 0.29) is 0 Å². The summed E-state index contributed by atoms with van der Waals surface area (Å²) >= 11 is 0. The van der Waals surface area contributed by atoms with Gasteiger partial charge in [0.15, 0.2) is 0 Å². The van der Waals surface area contributed by atoms with Crippen molar-refractivity contribution >= 4 is 11.8 Å². The first-order chi connectivity index (χ1) is 6.84. The summed E-state index contributed by atoms with van der Waals surface area (Å²) < 4.78 is 0. The van der Waals surface area contributed by atoms with Gasteiger partial charge in [0.05, 0.1) is 0 Å². The first kappa shape index (κ1) is 8.55. The predicted molar refractivity (Wildman–Crippen MR) is 52.1 cm³/mol. The lowest BCUT2D eigenvalue weighted by Crippen LogP contribution is -1.99. The number of hydrogen-bond acceptors (Lipinski definition) is 5. The van der Waals surface area contributed by atoms with Crippen molar-refractivity contribution in [2.75, 3.05) is 5.32 Å². The summed E-state index contributed by atoms with van der Waals surface area (Å²) in [6.07, 6.45) is 5.03. The monoisotopic (exact) mass is 187 g/mol. The maximum atomic E-state index is 4.17. The van der Waals surface area contributed by atoms with Gasteiger partial charge >= 0.3 is 0 Å². The molecule has 0 aliphatic heterocycles. The van der Waals surface area contributed by atoms with Crippen molar-refractivity contribution in [3.05, 3.63) is 36.5 Å². The fourth-order valence-electron chi connectivity index (χ4n) is 1.00. The molecule has 2 aromatic rings. The molecule has 2 aromatic heterocycles. The number of aromatic nitrogens is 4. The van der Waals surface area contributed by atoms with Crippen LogP contribution in [-0.2, 0) is 0 Å². The van der Waals surface area contributed by atoms with Gasteiger partial charge in [-0.1, -0.05) is 0 Å². The first-order valence-corrected chi connectivity index (χ1v) is 4.18. The molecule has 0 fully saturated rings. The highest BCUT2D eigenvalue weighted by Gasteiger charge is 1.97. The van der Waals surface area contributed by atoms with Crippen LogP contribution in [0.3, 0.4) is 0 Å². The maximum absolute atomic E-state index is 4.17. The maximum Gasteiger partial charge on any atom is 0.228 e. The van der Waals surface area contributed by atoms with Crippen molar-refractivity contribution in [2.24, 2.45) is 0 Å². The van der Waals surface area contributed by atoms with Crippen LogP contribution in [0, 0.1) is 6.92 Å². The van der Waals surface area contributed by atoms with Crippen molar-refractivity contribution in [2.45, 2.75) is 6.92 Å². The molecular weight excluding hydrogens is 178 g/mol. The van der Waals surface area contributed by atoms with E-state index in [2.05, 4.69) is 25.3 Å². The van der Waals surface area contributed by atoms with E-state index in [1.165, 1.54) is 0 Å². The van der Waals surface area contributed by atoms with Gasteiger partial charge in [0.1, 0.15) is 11.6 Å². The third-order valence-electron chi connectivity index (χ3n) is 1.58. The Labute approximate surface area is 81.3 Å². The number of nitrogens with one attached hydrogen (secondary N) is 1. The fraction of sp³-hybridized carbons (Fsp3) is 0.111. The second-order valence-corrected chi connectivity index (χ2v) is 2.69. The summed E-state index contributed by atoms with van der Waals surface area (Å²) in [6.45, 7) is 1.83. The molecule has 0 saturated heterocycles. The van der Waals surface area contributed by atoms with Gasteiger partial charge in [-0.25, -0.2) is 19.9 Å². The molecule has 0 aromatic carbocycles. The zero-order chi connectivity index (χ0) is 9.80. The van der Waals surface area contributed by atoms with E-state index in [9.17, 15) is 0 Å². The van der Waals surface area contributed by atoms with Crippen molar-refractivity contribution in [3.8, 4) is 0 Å². The van der Waals surface area contributed by atoms with E-state index in [1.807, 2.05) is 6.92 Å². The Morgan fingerprint density at radius 2 is 1.86 bits per heavy atom. The topological polar surface area (TPSA) is 63.6 Å². The molecule has 70 valence electrons. The van der Waals surface area contributed by atoms with E-state index in [4.69, 9.17) is 0 Å². The minimum atomic E-state index is 0.533. The van der Waals surface area contributed by atoms with Crippen LogP contribution in [0.25, 0.3) is 0 Å². The highest BCUT2D eigenvalue weighted by Crippen LogP contribution is 2.06. The average Bonchev–Trinajstić information content (AvgIpc) is 2.19. The predicted octanol–water partition coefficient (Wildman–Crippen LogP) is 1.32. The molecule has 0 aliphatic carbocycles. The summed E-state index contributed by atoms with van der Waals surface area (Å²) in [5.74, 6) is 1.94. The lowest BCUT2D eigenvalue weighted by Gasteiger charge is -2.02. The smallest absolute Gasteiger partial charge is 0.228 e. The first-order valence-electron chi connectivity index (χ1n) is 4.18. The van der Waals surface area contributed by atoms with Gasteiger partial charge in [0, 0.05) is 18.6 Å². The molecule has 0 bridgehead atoms. The Hall–Kier alpha value is -2.04. The van der Waals surface area contributed by atoms with Gasteiger partial charge in [-0.2, -0.15) is 0 Å². The van der Waals surface area contributed by atoms with Crippen LogP contribution in [0.2, 0.25) is 0 Å². The van der Waals surface area contributed by atoms with Crippen LogP contribution in [0.15, 0.2) is 30.7 Å². The number of hydrogen-bond donors (Lipinski definition) is 1. The number of anilines is 2. The summed E-state index contributed by atoms with van der Waals surface area (Å²) in [5, 5.41) is 2.97. The molecule has 5 heteroatoms. The molecule has 14 heavy (non-hydrogen) atoms. The summed E-state index contributed by atoms with van der Waals surface area (Å²) in [6, 6.07) is 3.53. The van der Waals surface area contributed by atoms with Gasteiger partial charge in [0.25, 0.3) is 0 Å². The Morgan fingerprint density at radius 3 is 2.57 bits per heavy atom. The third-order valence-corrected chi connectivity index (χ3v) is 1.58. The molecule has 0 spiro atoms. The number of rotatable bonds is 2. The number of nitrogens with zero attached hydrogens (tertiary/aromatic N) is 4. The molecule has 1 N–H and O–H groups in total. The van der Waals surface area contributed by atoms with Crippen LogP contribution >= 0.6 is 0 Å². The standard InChI is InChI=1S/C9H9N5/c1-7-10-6-3-8(13-7)14-9-11-4-2-5-12-9/h2-6H,1H3,(H,10,11,12,13,14). The molecule has 0 amide bonds. The van der Waals surface area contributed by atoms with Gasteiger partial charge in [-0.15, -0.1) is 0 Å². The van der Waals surface area contributed by atoms with E-state index < -0.39 is 0 Å². The quantitative estimate of drug-likeness (QED) is 0.768. The largest absolute Gasteiger partial charge is 0.309 e. The summed E-state index contributed by atoms with van der Waals surface area (Å²) in [7, 11) is 0. The van der Waals surface area contributed by atoms with E-state index in [1.54, 1.807) is 30.7 Å². The average molecular weight is 187 g/mol. The Bertz CT molecular complexity index is 415. The molecule has 0 saturated carbocycles. The normalized spacial score (nSPS) is 9.79. The van der Waals surface area contributed by atoms with E-state index in [0.29, 0.717) is 17.6 Å². The molecule has 0 aliphatic rings. The molecule has 0 atom stereocenters. The minimum Gasteiger partial charge on any atom is -0.309 e. The fourth-order valence-corrected chi connectivity index (χ4v) is 1.00. The Balaban J connectivity index is 2.19. The van der Waals surface area contributed by atoms with E-state index >= 15 is 0 Å². The highest BCUT2D eigenvalue weighted by molar-refractivity contribution is 5.45. The lowest BCUT2D eigenvalue weighted by molar-refractivity contribution is 1.05. The van der Waals surface area contributed by atoms with Crippen molar-refractivity contribution < 1.29 is 0 Å². The summed E-state index contributed by atoms with van der Waals surface area (Å²) in [4.78, 5) is 16.2. The van der Waals surface area contributed by atoms with E-state index in [0.717, 1.165) is 0 Å². The van der Waals surface area contributed by atoms with Crippen molar-refractivity contribution in [1.29, 1.82) is 0 Å². The second-order valence-electron chi connectivity index (χ2n) is 2.69. The Kier molecular flexibility index (Phi) is 2.31. The third kappa shape index (κ3) is 2.01. The lowest BCUT2D eigenvalue weighted by atomic mass is 10.5. The molecule has 5 nitrogen and oxygen atoms in total. The second kappa shape index (κ2) is 3.78. The minimum absolute atomic E-state index is 0.533. The summed E-state index contributed by atoms with van der Waals surface area (Å²) in [5.41, 5.74) is 0. The van der Waals surface area contributed by atoms with Crippen LogP contribution < -0.4 is 5.32 Å². The van der Waals surface area contributed by atoms with Crippen LogP contribution in [0.1, 0.15) is 5.82 Å². The molecule has 2 heterocycles. The van der Waals surface area contributed by atoms with Gasteiger partial charge in [-0.05, 0) is 19.1 Å². The highest BCUT2D eigenvalue weighted by atomic mass is 15.1. The van der Waals surface area contributed by atoms with Gasteiger partial charge < -0.3 is 5.32 Å². The van der Waals surface area contributed by atoms with Gasteiger partial charge in [0.2, 0.25) is 5.95 Å². The van der Waals surface area contributed by atoms with Crippen LogP contribution in [-0.4, -0.2) is 19.9 Å². The van der Waals surface area contributed by atoms with Crippen LogP contribution in [0.4, 0.5) is 11.8 Å². The Morgan fingerprint density at radius 1 is 1.07 bits per heavy atom. The van der Waals surface area contributed by atoms with Crippen molar-refractivity contribution in [1.82, 2.24) is 19.9 Å². The molecule has 2 rings (SSSR count). The van der Waals surface area contributed by atoms with Crippen LogP contribution in [0.5, 0.6) is 0 Å². The molecular formula is C9H9N5. The van der Waals surface area contributed by atoms with Crippen molar-refractivity contribution in [3.63, 3.8) is 0 Å². The zero-order valence-electron chi connectivity index (χ0n) is 7.68. The van der Waals surface area contributed by atoms with Gasteiger partial charge in [-0.3, -0.25) is 0 Å². The number of aryl methyl sites for hydroxylation is 1. The molecule has 0 unspecified atom stereocenters. The zero-order valence-corrected chi connectivity index (χ0v) is 7.68. The molecule has 0 radical (unpaired) electrons.